The molecule has 20 heavy (non-hydrogen) atoms. The molecule has 0 aliphatic heterocycles. The van der Waals surface area contributed by atoms with E-state index in [1.807, 2.05) is 6.92 Å². The van der Waals surface area contributed by atoms with Gasteiger partial charge in [0.25, 0.3) is 0 Å². The van der Waals surface area contributed by atoms with Crippen LogP contribution >= 0.6 is 11.8 Å². The van der Waals surface area contributed by atoms with Crippen LogP contribution in [0.5, 0.6) is 0 Å². The lowest BCUT2D eigenvalue weighted by atomic mass is 9.80. The first-order valence-corrected chi connectivity index (χ1v) is 8.22. The van der Waals surface area contributed by atoms with Gasteiger partial charge in [-0.15, -0.1) is 11.8 Å². The van der Waals surface area contributed by atoms with Crippen LogP contribution in [0.25, 0.3) is 0 Å². The Morgan fingerprint density at radius 2 is 2.15 bits per heavy atom. The molecule has 1 aromatic rings. The van der Waals surface area contributed by atoms with Crippen LogP contribution in [-0.4, -0.2) is 21.3 Å². The molecule has 4 heteroatoms. The van der Waals surface area contributed by atoms with E-state index >= 15 is 0 Å². The first-order valence-electron chi connectivity index (χ1n) is 7.34. The zero-order valence-corrected chi connectivity index (χ0v) is 13.2. The van der Waals surface area contributed by atoms with Crippen molar-refractivity contribution in [1.29, 1.82) is 0 Å². The molecule has 1 N–H and O–H groups in total. The second kappa shape index (κ2) is 6.61. The molecule has 1 saturated carbocycles. The average Bonchev–Trinajstić information content (AvgIpc) is 2.37. The molecule has 1 aliphatic rings. The molecule has 0 aromatic carbocycles. The molecule has 1 heterocycles. The minimum atomic E-state index is -0.651. The van der Waals surface area contributed by atoms with Gasteiger partial charge >= 0.3 is 5.97 Å². The number of hydrogen-bond acceptors (Lipinski definition) is 3. The molecular weight excluding hydrogens is 270 g/mol. The fraction of sp³-hybridized carbons (Fsp3) is 0.625. The lowest BCUT2D eigenvalue weighted by Crippen LogP contribution is -2.32. The van der Waals surface area contributed by atoms with E-state index < -0.39 is 5.97 Å². The van der Waals surface area contributed by atoms with Gasteiger partial charge in [-0.1, -0.05) is 13.3 Å². The molecule has 3 atom stereocenters. The van der Waals surface area contributed by atoms with Gasteiger partial charge in [-0.3, -0.25) is 4.79 Å². The summed E-state index contributed by atoms with van der Waals surface area (Å²) in [6.45, 7) is 6.24. The maximum Gasteiger partial charge on any atom is 0.307 e. The zero-order valence-electron chi connectivity index (χ0n) is 12.4. The number of nitrogens with zero attached hydrogens (tertiary/aromatic N) is 1. The second-order valence-electron chi connectivity index (χ2n) is 5.81. The normalized spacial score (nSPS) is 26.4. The van der Waals surface area contributed by atoms with Gasteiger partial charge in [0.2, 0.25) is 0 Å². The highest BCUT2D eigenvalue weighted by atomic mass is 32.2. The summed E-state index contributed by atoms with van der Waals surface area (Å²) in [4.78, 5) is 16.0. The number of thioether (sulfide) groups is 1. The number of carboxylic acid groups (broad SMARTS) is 1. The summed E-state index contributed by atoms with van der Waals surface area (Å²) in [5.41, 5.74) is 2.19. The fourth-order valence-corrected chi connectivity index (χ4v) is 4.56. The molecular formula is C16H23NO2S. The molecule has 2 rings (SSSR count). The summed E-state index contributed by atoms with van der Waals surface area (Å²) < 4.78 is 0. The van der Waals surface area contributed by atoms with Gasteiger partial charge in [0.05, 0.1) is 10.9 Å². The Morgan fingerprint density at radius 3 is 2.75 bits per heavy atom. The highest BCUT2D eigenvalue weighted by molar-refractivity contribution is 7.99. The van der Waals surface area contributed by atoms with Gasteiger partial charge in [0, 0.05) is 10.9 Å². The van der Waals surface area contributed by atoms with E-state index in [1.54, 1.807) is 11.8 Å². The number of rotatable bonds is 4. The topological polar surface area (TPSA) is 50.2 Å². The molecule has 0 bridgehead atoms. The lowest BCUT2D eigenvalue weighted by molar-refractivity contribution is -0.142. The van der Waals surface area contributed by atoms with Crippen LogP contribution < -0.4 is 0 Å². The minimum Gasteiger partial charge on any atom is -0.481 e. The maximum atomic E-state index is 11.5. The number of aliphatic carboxylic acids is 1. The number of pyridine rings is 1. The monoisotopic (exact) mass is 293 g/mol. The van der Waals surface area contributed by atoms with Gasteiger partial charge in [0.15, 0.2) is 0 Å². The Labute approximate surface area is 125 Å². The molecule has 0 radical (unpaired) electrons. The Balaban J connectivity index is 2.15. The van der Waals surface area contributed by atoms with E-state index in [4.69, 9.17) is 0 Å². The summed E-state index contributed by atoms with van der Waals surface area (Å²) in [5, 5.41) is 10.5. The number of hydrogen-bond donors (Lipinski definition) is 1. The fourth-order valence-electron chi connectivity index (χ4n) is 3.02. The van der Waals surface area contributed by atoms with Crippen molar-refractivity contribution in [1.82, 2.24) is 4.98 Å². The van der Waals surface area contributed by atoms with Crippen molar-refractivity contribution in [2.45, 2.75) is 56.7 Å². The predicted molar refractivity (Wildman–Crippen MR) is 82.1 cm³/mol. The van der Waals surface area contributed by atoms with Crippen LogP contribution in [0.15, 0.2) is 17.2 Å². The van der Waals surface area contributed by atoms with Crippen molar-refractivity contribution in [3.05, 3.63) is 23.4 Å². The molecule has 0 amide bonds. The standard InChI is InChI=1S/C16H23NO2S/c1-4-12-5-6-13(16(18)19)14(9-12)20-15-8-10(2)7-11(3)17-15/h7-8,12-14H,4-6,9H2,1-3H3,(H,18,19). The third kappa shape index (κ3) is 3.75. The van der Waals surface area contributed by atoms with E-state index in [-0.39, 0.29) is 11.2 Å². The minimum absolute atomic E-state index is 0.153. The first kappa shape index (κ1) is 15.4. The van der Waals surface area contributed by atoms with Crippen molar-refractivity contribution in [3.63, 3.8) is 0 Å². The quantitative estimate of drug-likeness (QED) is 0.909. The lowest BCUT2D eigenvalue weighted by Gasteiger charge is -2.33. The first-order chi connectivity index (χ1) is 9.49. The van der Waals surface area contributed by atoms with E-state index in [2.05, 4.69) is 31.0 Å². The van der Waals surface area contributed by atoms with Crippen LogP contribution in [0.4, 0.5) is 0 Å². The van der Waals surface area contributed by atoms with Crippen molar-refractivity contribution >= 4 is 17.7 Å². The van der Waals surface area contributed by atoms with E-state index in [9.17, 15) is 9.90 Å². The number of carbonyl (C=O) groups is 1. The van der Waals surface area contributed by atoms with Crippen LogP contribution in [0.3, 0.4) is 0 Å². The van der Waals surface area contributed by atoms with Crippen LogP contribution in [-0.2, 0) is 4.79 Å². The van der Waals surface area contributed by atoms with E-state index in [1.165, 1.54) is 5.56 Å². The third-order valence-corrected chi connectivity index (χ3v) is 5.42. The van der Waals surface area contributed by atoms with E-state index in [0.29, 0.717) is 5.92 Å². The Kier molecular flexibility index (Phi) is 5.08. The highest BCUT2D eigenvalue weighted by Crippen LogP contribution is 2.40. The van der Waals surface area contributed by atoms with Gasteiger partial charge in [-0.25, -0.2) is 4.98 Å². The second-order valence-corrected chi connectivity index (χ2v) is 7.07. The van der Waals surface area contributed by atoms with Gasteiger partial charge in [0.1, 0.15) is 0 Å². The largest absolute Gasteiger partial charge is 0.481 e. The number of carboxylic acids is 1. The summed E-state index contributed by atoms with van der Waals surface area (Å²) in [5.74, 6) is -0.221. The number of aromatic nitrogens is 1. The van der Waals surface area contributed by atoms with Crippen molar-refractivity contribution in [2.75, 3.05) is 0 Å². The van der Waals surface area contributed by atoms with Crippen LogP contribution in [0, 0.1) is 25.7 Å². The molecule has 3 nitrogen and oxygen atoms in total. The SMILES string of the molecule is CCC1CCC(C(=O)O)C(Sc2cc(C)cc(C)n2)C1. The highest BCUT2D eigenvalue weighted by Gasteiger charge is 2.35. The van der Waals surface area contributed by atoms with Crippen molar-refractivity contribution in [3.8, 4) is 0 Å². The number of aryl methyl sites for hydroxylation is 2. The molecule has 1 fully saturated rings. The Bertz CT molecular complexity index is 469. The summed E-state index contributed by atoms with van der Waals surface area (Å²) >= 11 is 1.66. The molecule has 110 valence electrons. The van der Waals surface area contributed by atoms with Gasteiger partial charge in [-0.2, -0.15) is 0 Å². The molecule has 0 spiro atoms. The zero-order chi connectivity index (χ0) is 14.7. The molecule has 1 aliphatic carbocycles. The third-order valence-electron chi connectivity index (χ3n) is 4.14. The van der Waals surface area contributed by atoms with Crippen molar-refractivity contribution in [2.24, 2.45) is 11.8 Å². The maximum absolute atomic E-state index is 11.5. The molecule has 3 unspecified atom stereocenters. The van der Waals surface area contributed by atoms with E-state index in [0.717, 1.165) is 36.4 Å². The predicted octanol–water partition coefficient (Wildman–Crippen LogP) is 4.07. The smallest absolute Gasteiger partial charge is 0.307 e. The van der Waals surface area contributed by atoms with Gasteiger partial charge in [-0.05, 0) is 56.7 Å². The summed E-state index contributed by atoms with van der Waals surface area (Å²) in [7, 11) is 0. The Hall–Kier alpha value is -1.03. The molecule has 1 aromatic heterocycles. The van der Waals surface area contributed by atoms with Crippen molar-refractivity contribution < 1.29 is 9.90 Å². The average molecular weight is 293 g/mol. The Morgan fingerprint density at radius 1 is 1.40 bits per heavy atom. The van der Waals surface area contributed by atoms with Gasteiger partial charge < -0.3 is 5.11 Å². The summed E-state index contributed by atoms with van der Waals surface area (Å²) in [6, 6.07) is 4.11. The molecule has 0 saturated heterocycles. The summed E-state index contributed by atoms with van der Waals surface area (Å²) in [6.07, 6.45) is 3.98. The van der Waals surface area contributed by atoms with Crippen LogP contribution in [0.2, 0.25) is 0 Å². The van der Waals surface area contributed by atoms with Crippen LogP contribution in [0.1, 0.15) is 43.9 Å².